The molecule has 0 aromatic carbocycles. The summed E-state index contributed by atoms with van der Waals surface area (Å²) in [5.74, 6) is 0.154. The molecule has 17 heavy (non-hydrogen) atoms. The summed E-state index contributed by atoms with van der Waals surface area (Å²) in [5, 5.41) is 3.33. The Morgan fingerprint density at radius 1 is 1.06 bits per heavy atom. The molecular formula is C14H34N2O. The van der Waals surface area contributed by atoms with Crippen LogP contribution in [0.1, 0.15) is 61.2 Å². The lowest BCUT2D eigenvalue weighted by molar-refractivity contribution is -0.127. The predicted molar refractivity (Wildman–Crippen MR) is 78.4 cm³/mol. The number of hydrogen-bond donors (Lipinski definition) is 1. The minimum absolute atomic E-state index is 0. The zero-order valence-corrected chi connectivity index (χ0v) is 12.5. The molecule has 0 fully saturated rings. The number of rotatable bonds is 8. The molecule has 1 N–H and O–H groups in total. The molecule has 0 aliphatic heterocycles. The van der Waals surface area contributed by atoms with Crippen molar-refractivity contribution in [1.82, 2.24) is 10.2 Å². The van der Waals surface area contributed by atoms with E-state index < -0.39 is 0 Å². The van der Waals surface area contributed by atoms with Crippen LogP contribution < -0.4 is 5.32 Å². The lowest BCUT2D eigenvalue weighted by Crippen LogP contribution is -2.25. The van der Waals surface area contributed by atoms with Crippen LogP contribution in [0, 0.1) is 0 Å². The molecule has 0 saturated heterocycles. The fraction of sp³-hybridized carbons (Fsp3) is 0.929. The highest BCUT2D eigenvalue weighted by Gasteiger charge is 1.99. The van der Waals surface area contributed by atoms with E-state index >= 15 is 0 Å². The van der Waals surface area contributed by atoms with E-state index in [-0.39, 0.29) is 7.33 Å². The van der Waals surface area contributed by atoms with E-state index in [0.29, 0.717) is 0 Å². The number of hydrogen-bond acceptors (Lipinski definition) is 2. The Balaban J connectivity index is -0.000000392. The maximum Gasteiger partial charge on any atom is 0.219 e. The molecule has 0 heterocycles. The van der Waals surface area contributed by atoms with Crippen LogP contribution in [-0.4, -0.2) is 37.5 Å². The quantitative estimate of drug-likeness (QED) is 0.667. The largest absolute Gasteiger partial charge is 0.346 e. The van der Waals surface area contributed by atoms with Gasteiger partial charge in [0.15, 0.2) is 0 Å². The summed E-state index contributed by atoms with van der Waals surface area (Å²) in [6.07, 6.45) is 6.07. The summed E-state index contributed by atoms with van der Waals surface area (Å²) in [6.45, 7) is 11.2. The third-order valence-electron chi connectivity index (χ3n) is 2.56. The van der Waals surface area contributed by atoms with E-state index in [1.807, 2.05) is 7.05 Å². The molecule has 0 aromatic heterocycles. The fourth-order valence-electron chi connectivity index (χ4n) is 1.06. The highest BCUT2D eigenvalue weighted by molar-refractivity contribution is 5.72. The molecule has 0 bridgehead atoms. The molecular weight excluding hydrogens is 212 g/mol. The average molecular weight is 246 g/mol. The van der Waals surface area contributed by atoms with Gasteiger partial charge in [-0.2, -0.15) is 0 Å². The van der Waals surface area contributed by atoms with E-state index in [2.05, 4.69) is 26.1 Å². The number of amides is 1. The Morgan fingerprint density at radius 3 is 2.06 bits per heavy atom. The molecule has 0 radical (unpaired) electrons. The number of carbonyl (C=O) groups is 1. The second-order valence-corrected chi connectivity index (χ2v) is 4.40. The van der Waals surface area contributed by atoms with E-state index in [1.165, 1.54) is 19.3 Å². The first-order valence-electron chi connectivity index (χ1n) is 7.02. The Morgan fingerprint density at radius 2 is 1.65 bits per heavy atom. The van der Waals surface area contributed by atoms with Gasteiger partial charge in [-0.05, 0) is 32.4 Å². The van der Waals surface area contributed by atoms with Gasteiger partial charge in [0.05, 0.1) is 0 Å². The van der Waals surface area contributed by atoms with Gasteiger partial charge in [0.2, 0.25) is 5.91 Å². The van der Waals surface area contributed by atoms with E-state index in [4.69, 9.17) is 0 Å². The van der Waals surface area contributed by atoms with Crippen LogP contribution >= 0.6 is 0 Å². The van der Waals surface area contributed by atoms with E-state index in [9.17, 15) is 4.79 Å². The number of carbonyl (C=O) groups excluding carboxylic acids is 1. The predicted octanol–water partition coefficient (Wildman–Crippen LogP) is 3.30. The van der Waals surface area contributed by atoms with Crippen molar-refractivity contribution in [2.75, 3.05) is 26.7 Å². The molecule has 0 aliphatic carbocycles. The minimum Gasteiger partial charge on any atom is -0.346 e. The molecule has 0 saturated carbocycles. The van der Waals surface area contributed by atoms with Crippen LogP contribution in [0.5, 0.6) is 0 Å². The molecule has 3 nitrogen and oxygen atoms in total. The maximum absolute atomic E-state index is 10.8. The molecule has 106 valence electrons. The molecule has 1 amide bonds. The zero-order valence-electron chi connectivity index (χ0n) is 12.5. The van der Waals surface area contributed by atoms with Gasteiger partial charge in [0, 0.05) is 21.9 Å². The average Bonchev–Trinajstić information content (AvgIpc) is 2.33. The SMILES string of the molecule is CCCC.CCCNCCCCN(C)C(C)=O.[HH]. The second kappa shape index (κ2) is 15.4. The standard InChI is InChI=1S/C10H22N2O.C4H10.H2/c1-4-7-11-8-5-6-9-12(3)10(2)13;1-3-4-2;/h11H,4-9H2,1-3H3;3-4H2,1-2H3;1H. The fourth-order valence-corrected chi connectivity index (χ4v) is 1.06. The molecule has 0 spiro atoms. The summed E-state index contributed by atoms with van der Waals surface area (Å²) in [5.41, 5.74) is 0. The topological polar surface area (TPSA) is 32.3 Å². The Bertz CT molecular complexity index is 164. The third kappa shape index (κ3) is 18.0. The van der Waals surface area contributed by atoms with Crippen molar-refractivity contribution in [3.8, 4) is 0 Å². The van der Waals surface area contributed by atoms with Gasteiger partial charge >= 0.3 is 0 Å². The van der Waals surface area contributed by atoms with Crippen LogP contribution in [0.3, 0.4) is 0 Å². The molecule has 0 rings (SSSR count). The number of nitrogens with zero attached hydrogens (tertiary/aromatic N) is 1. The van der Waals surface area contributed by atoms with Gasteiger partial charge in [-0.3, -0.25) is 4.79 Å². The maximum atomic E-state index is 10.8. The van der Waals surface area contributed by atoms with Crippen LogP contribution in [0.15, 0.2) is 0 Å². The summed E-state index contributed by atoms with van der Waals surface area (Å²) in [7, 11) is 1.85. The molecule has 0 atom stereocenters. The molecule has 0 aromatic rings. The van der Waals surface area contributed by atoms with E-state index in [0.717, 1.165) is 32.5 Å². The Labute approximate surface area is 109 Å². The first-order chi connectivity index (χ1) is 8.09. The highest BCUT2D eigenvalue weighted by atomic mass is 16.2. The van der Waals surface area contributed by atoms with Gasteiger partial charge in [0.25, 0.3) is 0 Å². The third-order valence-corrected chi connectivity index (χ3v) is 2.56. The monoisotopic (exact) mass is 246 g/mol. The summed E-state index contributed by atoms with van der Waals surface area (Å²) in [6, 6.07) is 0. The number of unbranched alkanes of at least 4 members (excludes halogenated alkanes) is 2. The van der Waals surface area contributed by atoms with Crippen LogP contribution in [0.2, 0.25) is 0 Å². The van der Waals surface area contributed by atoms with Crippen LogP contribution in [-0.2, 0) is 4.79 Å². The van der Waals surface area contributed by atoms with Gasteiger partial charge in [-0.15, -0.1) is 0 Å². The summed E-state index contributed by atoms with van der Waals surface area (Å²) >= 11 is 0. The zero-order chi connectivity index (χ0) is 13.5. The van der Waals surface area contributed by atoms with Crippen molar-refractivity contribution < 1.29 is 6.22 Å². The van der Waals surface area contributed by atoms with Gasteiger partial charge < -0.3 is 10.2 Å². The lowest BCUT2D eigenvalue weighted by Gasteiger charge is -2.14. The summed E-state index contributed by atoms with van der Waals surface area (Å²) in [4.78, 5) is 12.6. The minimum atomic E-state index is 0. The van der Waals surface area contributed by atoms with Gasteiger partial charge in [0.1, 0.15) is 0 Å². The Kier molecular flexibility index (Phi) is 17.1. The smallest absolute Gasteiger partial charge is 0.219 e. The van der Waals surface area contributed by atoms with Crippen molar-refractivity contribution in [2.45, 2.75) is 59.8 Å². The van der Waals surface area contributed by atoms with Crippen LogP contribution in [0.4, 0.5) is 0 Å². The number of nitrogens with one attached hydrogen (secondary N) is 1. The van der Waals surface area contributed by atoms with Crippen molar-refractivity contribution in [2.24, 2.45) is 0 Å². The molecule has 3 heteroatoms. The van der Waals surface area contributed by atoms with E-state index in [1.54, 1.807) is 11.8 Å². The van der Waals surface area contributed by atoms with Crippen molar-refractivity contribution in [3.05, 3.63) is 0 Å². The highest BCUT2D eigenvalue weighted by Crippen LogP contribution is 1.92. The molecule has 0 aliphatic rings. The lowest BCUT2D eigenvalue weighted by atomic mass is 10.3. The second-order valence-electron chi connectivity index (χ2n) is 4.40. The van der Waals surface area contributed by atoms with Crippen molar-refractivity contribution >= 4 is 5.91 Å². The van der Waals surface area contributed by atoms with Gasteiger partial charge in [-0.1, -0.05) is 33.6 Å². The van der Waals surface area contributed by atoms with Gasteiger partial charge in [-0.25, -0.2) is 0 Å². The first kappa shape index (κ1) is 18.8. The first-order valence-corrected chi connectivity index (χ1v) is 7.02. The van der Waals surface area contributed by atoms with Crippen molar-refractivity contribution in [1.29, 1.82) is 0 Å². The normalized spacial score (nSPS) is 9.47. The Hall–Kier alpha value is -0.570. The molecule has 0 unspecified atom stereocenters. The summed E-state index contributed by atoms with van der Waals surface area (Å²) < 4.78 is 0. The van der Waals surface area contributed by atoms with Crippen LogP contribution in [0.25, 0.3) is 0 Å². The van der Waals surface area contributed by atoms with Crippen molar-refractivity contribution in [3.63, 3.8) is 0 Å².